The van der Waals surface area contributed by atoms with Crippen LogP contribution in [-0.2, 0) is 12.8 Å². The summed E-state index contributed by atoms with van der Waals surface area (Å²) in [5.74, 6) is -0.738. The van der Waals surface area contributed by atoms with Crippen molar-refractivity contribution < 1.29 is 14.4 Å². The van der Waals surface area contributed by atoms with Gasteiger partial charge in [-0.1, -0.05) is 18.2 Å². The molecule has 2 aliphatic rings. The number of hydrogen-bond acceptors (Lipinski definition) is 3. The van der Waals surface area contributed by atoms with Crippen LogP contribution < -0.4 is 0 Å². The van der Waals surface area contributed by atoms with Crippen molar-refractivity contribution in [3.8, 4) is 0 Å². The molecule has 3 amide bonds. The van der Waals surface area contributed by atoms with Gasteiger partial charge >= 0.3 is 0 Å². The Balaban J connectivity index is 1.40. The van der Waals surface area contributed by atoms with Crippen molar-refractivity contribution in [1.29, 1.82) is 0 Å². The van der Waals surface area contributed by atoms with Crippen LogP contribution in [0.15, 0.2) is 42.5 Å². The van der Waals surface area contributed by atoms with E-state index in [1.807, 2.05) is 37.8 Å². The van der Waals surface area contributed by atoms with E-state index in [-0.39, 0.29) is 17.7 Å². The molecule has 0 saturated heterocycles. The minimum absolute atomic E-state index is 0.105. The van der Waals surface area contributed by atoms with E-state index in [4.69, 9.17) is 0 Å². The molecule has 3 heterocycles. The van der Waals surface area contributed by atoms with E-state index in [1.165, 1.54) is 21.5 Å². The van der Waals surface area contributed by atoms with Crippen LogP contribution in [0.25, 0.3) is 10.9 Å². The van der Waals surface area contributed by atoms with Gasteiger partial charge in [0.15, 0.2) is 0 Å². The molecule has 5 rings (SSSR count). The third kappa shape index (κ3) is 3.05. The Labute approximate surface area is 180 Å². The Bertz CT molecular complexity index is 1250. The first kappa shape index (κ1) is 19.5. The van der Waals surface area contributed by atoms with Crippen molar-refractivity contribution in [2.75, 3.05) is 13.1 Å². The first-order valence-electron chi connectivity index (χ1n) is 10.7. The second kappa shape index (κ2) is 6.80. The molecule has 2 aliphatic heterocycles. The minimum Gasteiger partial charge on any atom is -0.358 e. The summed E-state index contributed by atoms with van der Waals surface area (Å²) >= 11 is 0. The zero-order chi connectivity index (χ0) is 21.9. The number of rotatable bonds is 1. The van der Waals surface area contributed by atoms with Crippen LogP contribution in [0, 0.1) is 0 Å². The fraction of sp³-hybridized carbons (Fsp3) is 0.320. The van der Waals surface area contributed by atoms with Crippen molar-refractivity contribution in [1.82, 2.24) is 14.8 Å². The van der Waals surface area contributed by atoms with Gasteiger partial charge in [-0.2, -0.15) is 0 Å². The Morgan fingerprint density at radius 1 is 0.935 bits per heavy atom. The number of fused-ring (bicyclic) bond motifs is 4. The number of nitrogens with zero attached hydrogens (tertiary/aromatic N) is 2. The molecule has 0 spiro atoms. The second-order valence-electron chi connectivity index (χ2n) is 9.30. The second-order valence-corrected chi connectivity index (χ2v) is 9.30. The van der Waals surface area contributed by atoms with Gasteiger partial charge in [0.05, 0.1) is 11.1 Å². The summed E-state index contributed by atoms with van der Waals surface area (Å²) in [6, 6.07) is 13.1. The molecule has 0 unspecified atom stereocenters. The summed E-state index contributed by atoms with van der Waals surface area (Å²) in [7, 11) is 0. The van der Waals surface area contributed by atoms with Crippen LogP contribution in [0.5, 0.6) is 0 Å². The third-order valence-corrected chi connectivity index (χ3v) is 6.26. The molecule has 0 aliphatic carbocycles. The molecular formula is C25H25N3O3. The van der Waals surface area contributed by atoms with Gasteiger partial charge in [-0.05, 0) is 57.0 Å². The number of carbonyl (C=O) groups excluding carboxylic acids is 3. The number of amides is 3. The van der Waals surface area contributed by atoms with E-state index >= 15 is 0 Å². The monoisotopic (exact) mass is 415 g/mol. The zero-order valence-electron chi connectivity index (χ0n) is 18.0. The summed E-state index contributed by atoms with van der Waals surface area (Å²) in [6.45, 7) is 6.71. The largest absolute Gasteiger partial charge is 0.358 e. The van der Waals surface area contributed by atoms with E-state index in [1.54, 1.807) is 18.2 Å². The van der Waals surface area contributed by atoms with Gasteiger partial charge < -0.3 is 9.88 Å². The van der Waals surface area contributed by atoms with Crippen LogP contribution in [0.2, 0.25) is 0 Å². The van der Waals surface area contributed by atoms with Crippen LogP contribution in [-0.4, -0.2) is 51.1 Å². The van der Waals surface area contributed by atoms with E-state index in [2.05, 4.69) is 17.1 Å². The molecule has 0 fully saturated rings. The van der Waals surface area contributed by atoms with E-state index in [9.17, 15) is 14.4 Å². The smallest absolute Gasteiger partial charge is 0.262 e. The van der Waals surface area contributed by atoms with E-state index in [0.717, 1.165) is 18.4 Å². The molecule has 1 N–H and O–H groups in total. The number of H-pyrrole nitrogens is 1. The maximum absolute atomic E-state index is 13.3. The molecule has 3 aromatic rings. The predicted molar refractivity (Wildman–Crippen MR) is 118 cm³/mol. The van der Waals surface area contributed by atoms with Crippen LogP contribution in [0.3, 0.4) is 0 Å². The van der Waals surface area contributed by atoms with Crippen LogP contribution >= 0.6 is 0 Å². The number of nitrogens with one attached hydrogen (secondary N) is 1. The maximum Gasteiger partial charge on any atom is 0.262 e. The zero-order valence-corrected chi connectivity index (χ0v) is 18.0. The van der Waals surface area contributed by atoms with Gasteiger partial charge in [-0.3, -0.25) is 19.3 Å². The lowest BCUT2D eigenvalue weighted by atomic mass is 10.0. The summed E-state index contributed by atoms with van der Waals surface area (Å²) < 4.78 is 0. The fourth-order valence-electron chi connectivity index (χ4n) is 4.73. The average Bonchev–Trinajstić information content (AvgIpc) is 3.12. The normalized spacial score (nSPS) is 16.5. The minimum atomic E-state index is -0.613. The van der Waals surface area contributed by atoms with Gasteiger partial charge in [0.1, 0.15) is 0 Å². The van der Waals surface area contributed by atoms with Crippen LogP contribution in [0.1, 0.15) is 63.1 Å². The Kier molecular flexibility index (Phi) is 4.29. The highest BCUT2D eigenvalue weighted by atomic mass is 16.2. The van der Waals surface area contributed by atoms with Crippen LogP contribution in [0.4, 0.5) is 0 Å². The third-order valence-electron chi connectivity index (χ3n) is 6.26. The Morgan fingerprint density at radius 2 is 1.65 bits per heavy atom. The molecule has 6 heteroatoms. The van der Waals surface area contributed by atoms with Crippen molar-refractivity contribution in [2.24, 2.45) is 0 Å². The van der Waals surface area contributed by atoms with Gasteiger partial charge in [0.2, 0.25) is 0 Å². The number of carbonyl (C=O) groups is 3. The Hall–Kier alpha value is -3.41. The number of para-hydroxylation sites is 1. The van der Waals surface area contributed by atoms with Crippen molar-refractivity contribution >= 4 is 28.6 Å². The summed E-state index contributed by atoms with van der Waals surface area (Å²) in [4.78, 5) is 45.4. The van der Waals surface area contributed by atoms with Crippen molar-refractivity contribution in [3.63, 3.8) is 0 Å². The highest BCUT2D eigenvalue weighted by Crippen LogP contribution is 2.31. The number of hydrogen-bond donors (Lipinski definition) is 1. The highest BCUT2D eigenvalue weighted by Gasteiger charge is 2.42. The number of benzene rings is 2. The molecule has 2 aromatic carbocycles. The molecule has 0 saturated carbocycles. The number of imide groups is 1. The van der Waals surface area contributed by atoms with Crippen molar-refractivity contribution in [3.05, 3.63) is 70.4 Å². The molecule has 0 bridgehead atoms. The quantitative estimate of drug-likeness (QED) is 0.615. The average molecular weight is 415 g/mol. The predicted octanol–water partition coefficient (Wildman–Crippen LogP) is 3.80. The van der Waals surface area contributed by atoms with Gasteiger partial charge in [-0.25, -0.2) is 0 Å². The standard InChI is InChI=1S/C25H25N3O3/c1-25(2,3)28-23(30)18-9-8-15(14-19(18)24(28)31)22(29)27-12-10-17-16-6-4-5-7-20(16)26-21(17)11-13-27/h4-9,14,26H,10-13H2,1-3H3. The molecular weight excluding hydrogens is 390 g/mol. The summed E-state index contributed by atoms with van der Waals surface area (Å²) in [5, 5.41) is 1.22. The molecule has 31 heavy (non-hydrogen) atoms. The fourth-order valence-corrected chi connectivity index (χ4v) is 4.73. The van der Waals surface area contributed by atoms with Gasteiger partial charge in [0, 0.05) is 47.2 Å². The maximum atomic E-state index is 13.3. The molecule has 0 atom stereocenters. The molecule has 1 aromatic heterocycles. The first-order valence-corrected chi connectivity index (χ1v) is 10.7. The SMILES string of the molecule is CC(C)(C)N1C(=O)c2ccc(C(=O)N3CCc4[nH]c5ccccc5c4CC3)cc2C1=O. The molecule has 6 nitrogen and oxygen atoms in total. The lowest BCUT2D eigenvalue weighted by Gasteiger charge is -2.29. The molecule has 0 radical (unpaired) electrons. The number of aromatic nitrogens is 1. The highest BCUT2D eigenvalue weighted by molar-refractivity contribution is 6.22. The summed E-state index contributed by atoms with van der Waals surface area (Å²) in [5.41, 5.74) is 4.13. The van der Waals surface area contributed by atoms with E-state index in [0.29, 0.717) is 29.8 Å². The summed E-state index contributed by atoms with van der Waals surface area (Å²) in [6.07, 6.45) is 1.54. The van der Waals surface area contributed by atoms with Gasteiger partial charge in [0.25, 0.3) is 17.7 Å². The lowest BCUT2D eigenvalue weighted by Crippen LogP contribution is -2.45. The number of aromatic amines is 1. The van der Waals surface area contributed by atoms with E-state index < -0.39 is 5.54 Å². The van der Waals surface area contributed by atoms with Crippen molar-refractivity contribution in [2.45, 2.75) is 39.2 Å². The van der Waals surface area contributed by atoms with Gasteiger partial charge in [-0.15, -0.1) is 0 Å². The lowest BCUT2D eigenvalue weighted by molar-refractivity contribution is 0.0507. The topological polar surface area (TPSA) is 73.5 Å². The molecule has 158 valence electrons. The first-order chi connectivity index (χ1) is 14.8. The Morgan fingerprint density at radius 3 is 2.42 bits per heavy atom.